The molecule has 0 aromatic carbocycles. The van der Waals surface area contributed by atoms with Crippen molar-refractivity contribution < 1.29 is 8.42 Å². The number of alkyl halides is 1. The molecule has 0 atom stereocenters. The van der Waals surface area contributed by atoms with Crippen LogP contribution in [0.4, 0.5) is 0 Å². The number of halogens is 1. The van der Waals surface area contributed by atoms with Crippen molar-refractivity contribution in [2.45, 2.75) is 36.6 Å². The molecule has 7 heteroatoms. The predicted molar refractivity (Wildman–Crippen MR) is 69.9 cm³/mol. The summed E-state index contributed by atoms with van der Waals surface area (Å²) < 4.78 is 26.1. The molecule has 1 aliphatic carbocycles. The fraction of sp³-hybridized carbons (Fsp3) is 0.727. The molecule has 0 unspecified atom stereocenters. The zero-order valence-corrected chi connectivity index (χ0v) is 12.0. The van der Waals surface area contributed by atoms with Crippen LogP contribution in [0.3, 0.4) is 0 Å². The van der Waals surface area contributed by atoms with Gasteiger partial charge in [0, 0.05) is 19.2 Å². The summed E-state index contributed by atoms with van der Waals surface area (Å²) >= 11 is 5.71. The quantitative estimate of drug-likeness (QED) is 0.843. The van der Waals surface area contributed by atoms with Gasteiger partial charge in [-0.2, -0.15) is 9.40 Å². The first-order chi connectivity index (χ1) is 8.55. The topological polar surface area (TPSA) is 66.1 Å². The second-order valence-corrected chi connectivity index (χ2v) is 7.04. The number of hydrogen-bond acceptors (Lipinski definition) is 3. The van der Waals surface area contributed by atoms with E-state index in [9.17, 15) is 8.42 Å². The Morgan fingerprint density at radius 1 is 1.50 bits per heavy atom. The molecule has 1 aliphatic rings. The molecule has 0 aliphatic heterocycles. The van der Waals surface area contributed by atoms with Crippen molar-refractivity contribution in [3.8, 4) is 0 Å². The average molecular weight is 292 g/mol. The van der Waals surface area contributed by atoms with E-state index in [1.165, 1.54) is 23.3 Å². The maximum absolute atomic E-state index is 12.4. The van der Waals surface area contributed by atoms with E-state index in [0.717, 1.165) is 12.8 Å². The zero-order valence-electron chi connectivity index (χ0n) is 10.4. The third-order valence-corrected chi connectivity index (χ3v) is 5.61. The highest BCUT2D eigenvalue weighted by atomic mass is 35.5. The number of aromatic amines is 1. The van der Waals surface area contributed by atoms with Crippen LogP contribution >= 0.6 is 11.6 Å². The lowest BCUT2D eigenvalue weighted by molar-refractivity contribution is 0.386. The van der Waals surface area contributed by atoms with Crippen LogP contribution in [0.25, 0.3) is 0 Å². The Hall–Kier alpha value is -0.590. The molecule has 0 saturated heterocycles. The van der Waals surface area contributed by atoms with Crippen molar-refractivity contribution in [3.05, 3.63) is 11.8 Å². The molecule has 1 fully saturated rings. The number of hydrogen-bond donors (Lipinski definition) is 1. The predicted octanol–water partition coefficient (Wildman–Crippen LogP) is 1.96. The van der Waals surface area contributed by atoms with Crippen molar-refractivity contribution >= 4 is 21.6 Å². The van der Waals surface area contributed by atoms with Gasteiger partial charge in [0.15, 0.2) is 5.03 Å². The lowest BCUT2D eigenvalue weighted by Gasteiger charge is -2.20. The molecule has 1 aromatic heterocycles. The summed E-state index contributed by atoms with van der Waals surface area (Å²) in [4.78, 5) is 0. The highest BCUT2D eigenvalue weighted by Crippen LogP contribution is 2.27. The van der Waals surface area contributed by atoms with Gasteiger partial charge in [0.05, 0.1) is 12.1 Å². The van der Waals surface area contributed by atoms with E-state index in [0.29, 0.717) is 18.0 Å². The molecular formula is C11H18ClN3O2S. The maximum Gasteiger partial charge on any atom is 0.260 e. The Morgan fingerprint density at radius 3 is 2.78 bits per heavy atom. The van der Waals surface area contributed by atoms with Crippen LogP contribution < -0.4 is 0 Å². The SMILES string of the molecule is CN(CC1CCCC1)S(=O)(=O)c1[nH]ncc1CCl. The van der Waals surface area contributed by atoms with Crippen LogP contribution in [-0.2, 0) is 15.9 Å². The van der Waals surface area contributed by atoms with Crippen LogP contribution in [0.1, 0.15) is 31.2 Å². The van der Waals surface area contributed by atoms with E-state index in [-0.39, 0.29) is 10.9 Å². The highest BCUT2D eigenvalue weighted by molar-refractivity contribution is 7.89. The molecule has 1 N–H and O–H groups in total. The third-order valence-electron chi connectivity index (χ3n) is 3.48. The Kier molecular flexibility index (Phi) is 4.29. The Bertz CT molecular complexity index is 494. The summed E-state index contributed by atoms with van der Waals surface area (Å²) in [6.45, 7) is 0.572. The Morgan fingerprint density at radius 2 is 2.17 bits per heavy atom. The zero-order chi connectivity index (χ0) is 13.2. The Labute approximate surface area is 113 Å². The molecule has 5 nitrogen and oxygen atoms in total. The summed E-state index contributed by atoms with van der Waals surface area (Å²) in [6, 6.07) is 0. The van der Waals surface area contributed by atoms with Crippen molar-refractivity contribution in [2.75, 3.05) is 13.6 Å². The summed E-state index contributed by atoms with van der Waals surface area (Å²) in [5.41, 5.74) is 0.523. The van der Waals surface area contributed by atoms with Gasteiger partial charge in [-0.25, -0.2) is 8.42 Å². The van der Waals surface area contributed by atoms with Gasteiger partial charge in [0.25, 0.3) is 10.0 Å². The normalized spacial score (nSPS) is 17.7. The van der Waals surface area contributed by atoms with Crippen molar-refractivity contribution in [1.29, 1.82) is 0 Å². The molecule has 1 saturated carbocycles. The standard InChI is InChI=1S/C11H18ClN3O2S/c1-15(8-9-4-2-3-5-9)18(16,17)11-10(6-12)7-13-14-11/h7,9H,2-6,8H2,1H3,(H,13,14). The van der Waals surface area contributed by atoms with Crippen LogP contribution in [-0.4, -0.2) is 36.5 Å². The molecule has 0 bridgehead atoms. The van der Waals surface area contributed by atoms with Crippen molar-refractivity contribution in [1.82, 2.24) is 14.5 Å². The summed E-state index contributed by atoms with van der Waals surface area (Å²) in [5.74, 6) is 0.620. The summed E-state index contributed by atoms with van der Waals surface area (Å²) in [5, 5.41) is 6.42. The fourth-order valence-corrected chi connectivity index (χ4v) is 4.05. The lowest BCUT2D eigenvalue weighted by atomic mass is 10.1. The highest BCUT2D eigenvalue weighted by Gasteiger charge is 2.28. The van der Waals surface area contributed by atoms with E-state index in [4.69, 9.17) is 11.6 Å². The number of aromatic nitrogens is 2. The van der Waals surface area contributed by atoms with Crippen LogP contribution in [0.5, 0.6) is 0 Å². The van der Waals surface area contributed by atoms with Crippen LogP contribution in [0, 0.1) is 5.92 Å². The molecule has 18 heavy (non-hydrogen) atoms. The smallest absolute Gasteiger partial charge is 0.260 e. The van der Waals surface area contributed by atoms with Gasteiger partial charge >= 0.3 is 0 Å². The first kappa shape index (κ1) is 13.8. The van der Waals surface area contributed by atoms with E-state index >= 15 is 0 Å². The largest absolute Gasteiger partial charge is 0.266 e. The molecule has 0 radical (unpaired) electrons. The minimum absolute atomic E-state index is 0.123. The molecule has 0 amide bonds. The third kappa shape index (κ3) is 2.70. The molecule has 2 rings (SSSR count). The molecular weight excluding hydrogens is 274 g/mol. The summed E-state index contributed by atoms with van der Waals surface area (Å²) in [7, 11) is -1.88. The van der Waals surface area contributed by atoms with Gasteiger partial charge in [-0.3, -0.25) is 5.10 Å². The minimum Gasteiger partial charge on any atom is -0.266 e. The average Bonchev–Trinajstić information content (AvgIpc) is 2.98. The van der Waals surface area contributed by atoms with E-state index < -0.39 is 10.0 Å². The van der Waals surface area contributed by atoms with Crippen molar-refractivity contribution in [2.24, 2.45) is 5.92 Å². The minimum atomic E-state index is -3.50. The van der Waals surface area contributed by atoms with Gasteiger partial charge in [-0.05, 0) is 18.8 Å². The summed E-state index contributed by atoms with van der Waals surface area (Å²) in [6.07, 6.45) is 6.10. The maximum atomic E-state index is 12.4. The van der Waals surface area contributed by atoms with Crippen LogP contribution in [0.15, 0.2) is 11.2 Å². The first-order valence-electron chi connectivity index (χ1n) is 6.10. The van der Waals surface area contributed by atoms with Gasteiger partial charge < -0.3 is 0 Å². The van der Waals surface area contributed by atoms with E-state index in [2.05, 4.69) is 10.2 Å². The van der Waals surface area contributed by atoms with Crippen molar-refractivity contribution in [3.63, 3.8) is 0 Å². The van der Waals surface area contributed by atoms with Gasteiger partial charge in [-0.15, -0.1) is 11.6 Å². The molecule has 1 aromatic rings. The second-order valence-electron chi connectivity index (χ2n) is 4.79. The van der Waals surface area contributed by atoms with E-state index in [1.54, 1.807) is 7.05 Å². The second kappa shape index (κ2) is 5.59. The van der Waals surface area contributed by atoms with Gasteiger partial charge in [0.1, 0.15) is 0 Å². The number of rotatable bonds is 5. The lowest BCUT2D eigenvalue weighted by Crippen LogP contribution is -2.32. The monoisotopic (exact) mass is 291 g/mol. The molecule has 1 heterocycles. The number of nitrogens with zero attached hydrogens (tertiary/aromatic N) is 2. The number of H-pyrrole nitrogens is 1. The Balaban J connectivity index is 2.14. The van der Waals surface area contributed by atoms with Gasteiger partial charge in [-0.1, -0.05) is 12.8 Å². The van der Waals surface area contributed by atoms with E-state index in [1.807, 2.05) is 0 Å². The molecule has 0 spiro atoms. The number of sulfonamides is 1. The molecule has 102 valence electrons. The number of nitrogens with one attached hydrogen (secondary N) is 1. The first-order valence-corrected chi connectivity index (χ1v) is 8.07. The van der Waals surface area contributed by atoms with Gasteiger partial charge in [0.2, 0.25) is 0 Å². The fourth-order valence-electron chi connectivity index (χ4n) is 2.43. The van der Waals surface area contributed by atoms with Crippen LogP contribution in [0.2, 0.25) is 0 Å².